The zero-order chi connectivity index (χ0) is 7.78. The third-order valence-electron chi connectivity index (χ3n) is 1.49. The van der Waals surface area contributed by atoms with E-state index < -0.39 is 17.7 Å². The fourth-order valence-corrected chi connectivity index (χ4v) is 1.23. The smallest absolute Gasteiger partial charge is 0.290 e. The van der Waals surface area contributed by atoms with Gasteiger partial charge < -0.3 is 0 Å². The van der Waals surface area contributed by atoms with E-state index in [1.807, 2.05) is 0 Å². The normalized spacial score (nSPS) is 34.8. The largest absolute Gasteiger partial charge is 0.403 e. The van der Waals surface area contributed by atoms with Gasteiger partial charge in [0.2, 0.25) is 0 Å². The average Bonchev–Trinajstić information content (AvgIpc) is 2.11. The molecule has 1 aliphatic heterocycles. The van der Waals surface area contributed by atoms with Crippen molar-refractivity contribution in [1.82, 2.24) is 5.32 Å². The second-order valence-corrected chi connectivity index (χ2v) is 2.83. The van der Waals surface area contributed by atoms with Crippen LogP contribution < -0.4 is 5.32 Å². The molecule has 0 saturated carbocycles. The van der Waals surface area contributed by atoms with Crippen LogP contribution in [0.15, 0.2) is 0 Å². The molecule has 10 heavy (non-hydrogen) atoms. The molecule has 0 aromatic carbocycles. The van der Waals surface area contributed by atoms with E-state index in [2.05, 4.69) is 5.32 Å². The molecule has 5 heteroatoms. The summed E-state index contributed by atoms with van der Waals surface area (Å²) in [6, 6.07) is -1.39. The molecule has 1 N–H and O–H groups in total. The minimum atomic E-state index is -4.14. The summed E-state index contributed by atoms with van der Waals surface area (Å²) in [5, 5.41) is 2.23. The fourth-order valence-electron chi connectivity index (χ4n) is 0.956. The molecule has 1 heterocycles. The molecule has 0 radical (unpaired) electrons. The van der Waals surface area contributed by atoms with Crippen molar-refractivity contribution in [2.24, 2.45) is 0 Å². The maximum absolute atomic E-state index is 11.8. The Hall–Kier alpha value is 0.0400. The van der Waals surface area contributed by atoms with Crippen LogP contribution in [0.1, 0.15) is 12.8 Å². The number of alkyl halides is 4. The van der Waals surface area contributed by atoms with Crippen molar-refractivity contribution < 1.29 is 13.2 Å². The number of halogens is 4. The van der Waals surface area contributed by atoms with Gasteiger partial charge in [-0.15, -0.1) is 11.6 Å². The van der Waals surface area contributed by atoms with E-state index >= 15 is 0 Å². The van der Waals surface area contributed by atoms with Crippen LogP contribution >= 0.6 is 11.6 Å². The number of hydrogen-bond donors (Lipinski definition) is 1. The van der Waals surface area contributed by atoms with E-state index in [-0.39, 0.29) is 6.42 Å². The van der Waals surface area contributed by atoms with Gasteiger partial charge in [-0.05, 0) is 12.8 Å². The predicted molar refractivity (Wildman–Crippen MR) is 31.9 cm³/mol. The molecule has 1 aliphatic rings. The summed E-state index contributed by atoms with van der Waals surface area (Å²) in [6.07, 6.45) is -3.65. The maximum atomic E-state index is 11.8. The van der Waals surface area contributed by atoms with Crippen LogP contribution in [0.3, 0.4) is 0 Å². The molecule has 0 aliphatic carbocycles. The van der Waals surface area contributed by atoms with E-state index in [9.17, 15) is 13.2 Å². The van der Waals surface area contributed by atoms with Crippen molar-refractivity contribution in [3.63, 3.8) is 0 Å². The molecule has 0 spiro atoms. The van der Waals surface area contributed by atoms with Gasteiger partial charge in [-0.2, -0.15) is 13.2 Å². The highest BCUT2D eigenvalue weighted by Crippen LogP contribution is 2.29. The number of nitrogens with one attached hydrogen (secondary N) is 1. The van der Waals surface area contributed by atoms with Gasteiger partial charge in [-0.3, -0.25) is 5.32 Å². The summed E-state index contributed by atoms with van der Waals surface area (Å²) in [6.45, 7) is 0. The van der Waals surface area contributed by atoms with Crippen LogP contribution in [0, 0.1) is 0 Å². The third-order valence-corrected chi connectivity index (χ3v) is 1.83. The van der Waals surface area contributed by atoms with Crippen LogP contribution in [0.4, 0.5) is 13.2 Å². The minimum absolute atomic E-state index is 0.0949. The molecule has 1 saturated heterocycles. The molecule has 2 atom stereocenters. The monoisotopic (exact) mass is 173 g/mol. The SMILES string of the molecule is FC(F)(F)C1CCC(Cl)N1. The highest BCUT2D eigenvalue weighted by Gasteiger charge is 2.43. The summed E-state index contributed by atoms with van der Waals surface area (Å²) < 4.78 is 35.4. The zero-order valence-corrected chi connectivity index (χ0v) is 5.84. The summed E-state index contributed by atoms with van der Waals surface area (Å²) in [5.41, 5.74) is -0.508. The Morgan fingerprint density at radius 2 is 1.90 bits per heavy atom. The van der Waals surface area contributed by atoms with Crippen molar-refractivity contribution in [1.29, 1.82) is 0 Å². The van der Waals surface area contributed by atoms with Crippen molar-refractivity contribution >= 4 is 11.6 Å². The van der Waals surface area contributed by atoms with E-state index in [0.717, 1.165) is 0 Å². The Morgan fingerprint density at radius 3 is 2.10 bits per heavy atom. The van der Waals surface area contributed by atoms with Crippen LogP contribution in [0.2, 0.25) is 0 Å². The lowest BCUT2D eigenvalue weighted by molar-refractivity contribution is -0.152. The lowest BCUT2D eigenvalue weighted by Crippen LogP contribution is -2.38. The van der Waals surface area contributed by atoms with Gasteiger partial charge in [0.1, 0.15) is 6.04 Å². The van der Waals surface area contributed by atoms with Gasteiger partial charge in [-0.25, -0.2) is 0 Å². The lowest BCUT2D eigenvalue weighted by Gasteiger charge is -2.14. The maximum Gasteiger partial charge on any atom is 0.403 e. The summed E-state index contributed by atoms with van der Waals surface area (Å²) in [7, 11) is 0. The summed E-state index contributed by atoms with van der Waals surface area (Å²) in [4.78, 5) is 0. The highest BCUT2D eigenvalue weighted by molar-refractivity contribution is 6.20. The van der Waals surface area contributed by atoms with Gasteiger partial charge in [0.05, 0.1) is 5.50 Å². The molecular weight excluding hydrogens is 167 g/mol. The Balaban J connectivity index is 2.45. The first kappa shape index (κ1) is 8.14. The van der Waals surface area contributed by atoms with E-state index in [0.29, 0.717) is 6.42 Å². The van der Waals surface area contributed by atoms with Gasteiger partial charge in [0.25, 0.3) is 0 Å². The van der Waals surface area contributed by atoms with E-state index in [1.165, 1.54) is 0 Å². The molecule has 60 valence electrons. The molecule has 1 rings (SSSR count). The molecule has 0 amide bonds. The third kappa shape index (κ3) is 1.76. The molecule has 0 aromatic heterocycles. The molecule has 0 bridgehead atoms. The Morgan fingerprint density at radius 1 is 1.30 bits per heavy atom. The van der Waals surface area contributed by atoms with Crippen molar-refractivity contribution in [2.75, 3.05) is 0 Å². The number of rotatable bonds is 0. The second kappa shape index (κ2) is 2.58. The second-order valence-electron chi connectivity index (χ2n) is 2.31. The Bertz CT molecular complexity index is 125. The first-order chi connectivity index (χ1) is 4.50. The van der Waals surface area contributed by atoms with Gasteiger partial charge in [-0.1, -0.05) is 0 Å². The van der Waals surface area contributed by atoms with E-state index in [1.54, 1.807) is 0 Å². The first-order valence-corrected chi connectivity index (χ1v) is 3.40. The molecule has 2 unspecified atom stereocenters. The van der Waals surface area contributed by atoms with Gasteiger partial charge in [0, 0.05) is 0 Å². The van der Waals surface area contributed by atoms with Crippen molar-refractivity contribution in [3.8, 4) is 0 Å². The predicted octanol–water partition coefficient (Wildman–Crippen LogP) is 1.87. The van der Waals surface area contributed by atoms with Crippen molar-refractivity contribution in [3.05, 3.63) is 0 Å². The summed E-state index contributed by atoms with van der Waals surface area (Å²) in [5.74, 6) is 0. The Labute approximate surface area is 61.5 Å². The highest BCUT2D eigenvalue weighted by atomic mass is 35.5. The molecule has 1 nitrogen and oxygen atoms in total. The average molecular weight is 174 g/mol. The van der Waals surface area contributed by atoms with Gasteiger partial charge in [0.15, 0.2) is 0 Å². The van der Waals surface area contributed by atoms with Crippen LogP contribution in [0.5, 0.6) is 0 Å². The van der Waals surface area contributed by atoms with Crippen LogP contribution in [0.25, 0.3) is 0 Å². The Kier molecular flexibility index (Phi) is 2.10. The van der Waals surface area contributed by atoms with Crippen LogP contribution in [-0.4, -0.2) is 17.7 Å². The van der Waals surface area contributed by atoms with Crippen molar-refractivity contribution in [2.45, 2.75) is 30.6 Å². The summed E-state index contributed by atoms with van der Waals surface area (Å²) >= 11 is 5.40. The number of hydrogen-bond acceptors (Lipinski definition) is 1. The minimum Gasteiger partial charge on any atom is -0.290 e. The zero-order valence-electron chi connectivity index (χ0n) is 5.08. The lowest BCUT2D eigenvalue weighted by atomic mass is 10.2. The molecule has 1 fully saturated rings. The quantitative estimate of drug-likeness (QED) is 0.436. The molecular formula is C5H7ClF3N. The molecule has 0 aromatic rings. The standard InChI is InChI=1S/C5H7ClF3N/c6-4-2-1-3(10-4)5(7,8)9/h3-4,10H,1-2H2. The topological polar surface area (TPSA) is 12.0 Å². The van der Waals surface area contributed by atoms with Crippen LogP contribution in [-0.2, 0) is 0 Å². The first-order valence-electron chi connectivity index (χ1n) is 2.97. The van der Waals surface area contributed by atoms with E-state index in [4.69, 9.17) is 11.6 Å². The van der Waals surface area contributed by atoms with Gasteiger partial charge >= 0.3 is 6.18 Å². The fraction of sp³-hybridized carbons (Fsp3) is 1.00.